The molecule has 1 heterocycles. The fourth-order valence-electron chi connectivity index (χ4n) is 1.14. The lowest BCUT2D eigenvalue weighted by Crippen LogP contribution is -2.10. The summed E-state index contributed by atoms with van der Waals surface area (Å²) in [5.41, 5.74) is 5.92. The van der Waals surface area contributed by atoms with Crippen molar-refractivity contribution in [3.8, 4) is 10.6 Å². The zero-order chi connectivity index (χ0) is 10.8. The highest BCUT2D eigenvalue weighted by Gasteiger charge is 2.08. The Morgan fingerprint density at radius 1 is 1.44 bits per heavy atom. The fourth-order valence-corrected chi connectivity index (χ4v) is 1.95. The number of halogens is 2. The van der Waals surface area contributed by atoms with Crippen LogP contribution in [0.2, 0.25) is 0 Å². The summed E-state index contributed by atoms with van der Waals surface area (Å²) in [5.74, 6) is -0.905. The van der Waals surface area contributed by atoms with Crippen LogP contribution in [-0.2, 0) is 0 Å². The first-order valence-corrected chi connectivity index (χ1v) is 5.06. The molecule has 0 saturated carbocycles. The fraction of sp³-hybridized carbons (Fsp3) is 0. The van der Waals surface area contributed by atoms with E-state index >= 15 is 0 Å². The maximum Gasteiger partial charge on any atom is 0.268 e. The minimum absolute atomic E-state index is 0. The number of nitrogens with zero attached hydrogens (tertiary/aromatic N) is 1. The normalized spacial score (nSPS) is 9.56. The monoisotopic (exact) mass is 258 g/mol. The Bertz CT molecular complexity index is 515. The molecule has 0 radical (unpaired) electrons. The van der Waals surface area contributed by atoms with Gasteiger partial charge in [0.1, 0.15) is 16.5 Å². The molecule has 1 amide bonds. The van der Waals surface area contributed by atoms with Gasteiger partial charge in [-0.3, -0.25) is 4.79 Å². The molecule has 84 valence electrons. The van der Waals surface area contributed by atoms with Gasteiger partial charge in [-0.05, 0) is 12.1 Å². The summed E-state index contributed by atoms with van der Waals surface area (Å²) < 4.78 is 12.9. The van der Waals surface area contributed by atoms with Gasteiger partial charge in [0.05, 0.1) is 0 Å². The van der Waals surface area contributed by atoms with E-state index in [4.69, 9.17) is 5.73 Å². The summed E-state index contributed by atoms with van der Waals surface area (Å²) in [5, 5.41) is 2.14. The maximum absolute atomic E-state index is 12.9. The van der Waals surface area contributed by atoms with Gasteiger partial charge in [-0.2, -0.15) is 0 Å². The SMILES string of the molecule is Cl.NC(=O)c1csc(-c2cccc(F)c2)n1. The number of nitrogens with two attached hydrogens (primary N) is 1. The molecule has 1 aromatic carbocycles. The first kappa shape index (κ1) is 12.6. The number of carbonyl (C=O) groups is 1. The average molecular weight is 259 g/mol. The van der Waals surface area contributed by atoms with Gasteiger partial charge in [0.2, 0.25) is 0 Å². The van der Waals surface area contributed by atoms with Crippen molar-refractivity contribution in [3.63, 3.8) is 0 Å². The molecule has 1 aromatic heterocycles. The number of rotatable bonds is 2. The maximum atomic E-state index is 12.9. The van der Waals surface area contributed by atoms with Crippen LogP contribution in [0.3, 0.4) is 0 Å². The molecule has 0 aliphatic heterocycles. The number of thiazole rings is 1. The number of carbonyl (C=O) groups excluding carboxylic acids is 1. The van der Waals surface area contributed by atoms with E-state index in [0.717, 1.165) is 0 Å². The summed E-state index contributed by atoms with van der Waals surface area (Å²) in [6, 6.07) is 6.04. The minimum Gasteiger partial charge on any atom is -0.364 e. The Morgan fingerprint density at radius 3 is 2.75 bits per heavy atom. The zero-order valence-corrected chi connectivity index (χ0v) is 9.65. The molecule has 2 N–H and O–H groups in total. The van der Waals surface area contributed by atoms with E-state index in [1.54, 1.807) is 17.5 Å². The van der Waals surface area contributed by atoms with Crippen LogP contribution in [0.5, 0.6) is 0 Å². The van der Waals surface area contributed by atoms with Crippen molar-refractivity contribution in [2.24, 2.45) is 5.73 Å². The largest absolute Gasteiger partial charge is 0.364 e. The lowest BCUT2D eigenvalue weighted by Gasteiger charge is -1.94. The number of primary amides is 1. The van der Waals surface area contributed by atoms with Gasteiger partial charge in [-0.15, -0.1) is 23.7 Å². The molecule has 6 heteroatoms. The molecule has 16 heavy (non-hydrogen) atoms. The van der Waals surface area contributed by atoms with Crippen LogP contribution >= 0.6 is 23.7 Å². The van der Waals surface area contributed by atoms with Crippen molar-refractivity contribution in [1.29, 1.82) is 0 Å². The van der Waals surface area contributed by atoms with E-state index in [2.05, 4.69) is 4.98 Å². The summed E-state index contributed by atoms with van der Waals surface area (Å²) >= 11 is 1.26. The van der Waals surface area contributed by atoms with Gasteiger partial charge >= 0.3 is 0 Å². The van der Waals surface area contributed by atoms with Crippen LogP contribution in [0.15, 0.2) is 29.6 Å². The molecule has 0 atom stereocenters. The average Bonchev–Trinajstić information content (AvgIpc) is 2.66. The van der Waals surface area contributed by atoms with Gasteiger partial charge < -0.3 is 5.73 Å². The Hall–Kier alpha value is -1.46. The van der Waals surface area contributed by atoms with Crippen molar-refractivity contribution in [2.45, 2.75) is 0 Å². The Kier molecular flexibility index (Phi) is 3.98. The first-order chi connectivity index (χ1) is 7.16. The summed E-state index contributed by atoms with van der Waals surface area (Å²) in [6.07, 6.45) is 0. The van der Waals surface area contributed by atoms with Crippen LogP contribution in [0, 0.1) is 5.82 Å². The quantitative estimate of drug-likeness (QED) is 0.900. The van der Waals surface area contributed by atoms with Crippen LogP contribution in [-0.4, -0.2) is 10.9 Å². The smallest absolute Gasteiger partial charge is 0.268 e. The molecule has 0 unspecified atom stereocenters. The van der Waals surface area contributed by atoms with E-state index < -0.39 is 5.91 Å². The van der Waals surface area contributed by atoms with E-state index in [0.29, 0.717) is 10.6 Å². The molecule has 2 aromatic rings. The molecule has 0 spiro atoms. The predicted octanol–water partition coefficient (Wildman–Crippen LogP) is 2.47. The predicted molar refractivity (Wildman–Crippen MR) is 63.3 cm³/mol. The molecule has 2 rings (SSSR count). The van der Waals surface area contributed by atoms with Gasteiger partial charge in [-0.1, -0.05) is 12.1 Å². The van der Waals surface area contributed by atoms with Crippen molar-refractivity contribution in [3.05, 3.63) is 41.2 Å². The number of aromatic nitrogens is 1. The van der Waals surface area contributed by atoms with Crippen LogP contribution < -0.4 is 5.73 Å². The number of benzene rings is 1. The van der Waals surface area contributed by atoms with E-state index in [1.165, 1.54) is 23.5 Å². The molecule has 0 saturated heterocycles. The highest BCUT2D eigenvalue weighted by atomic mass is 35.5. The Labute approximate surface area is 102 Å². The van der Waals surface area contributed by atoms with E-state index in [1.807, 2.05) is 0 Å². The third-order valence-electron chi connectivity index (χ3n) is 1.83. The van der Waals surface area contributed by atoms with Crippen molar-refractivity contribution in [2.75, 3.05) is 0 Å². The molecule has 0 fully saturated rings. The summed E-state index contributed by atoms with van der Waals surface area (Å²) in [4.78, 5) is 14.8. The van der Waals surface area contributed by atoms with Crippen molar-refractivity contribution in [1.82, 2.24) is 4.98 Å². The summed E-state index contributed by atoms with van der Waals surface area (Å²) in [7, 11) is 0. The number of amides is 1. The van der Waals surface area contributed by atoms with Crippen LogP contribution in [0.25, 0.3) is 10.6 Å². The van der Waals surface area contributed by atoms with Gasteiger partial charge in [0.25, 0.3) is 5.91 Å². The van der Waals surface area contributed by atoms with Crippen LogP contribution in [0.1, 0.15) is 10.5 Å². The van der Waals surface area contributed by atoms with E-state index in [9.17, 15) is 9.18 Å². The van der Waals surface area contributed by atoms with Crippen molar-refractivity contribution < 1.29 is 9.18 Å². The molecule has 0 aliphatic carbocycles. The second-order valence-corrected chi connectivity index (χ2v) is 3.77. The lowest BCUT2D eigenvalue weighted by molar-refractivity contribution is 0.0996. The molecule has 0 bridgehead atoms. The van der Waals surface area contributed by atoms with Gasteiger partial charge in [-0.25, -0.2) is 9.37 Å². The summed E-state index contributed by atoms with van der Waals surface area (Å²) in [6.45, 7) is 0. The Morgan fingerprint density at radius 2 is 2.19 bits per heavy atom. The van der Waals surface area contributed by atoms with Crippen LogP contribution in [0.4, 0.5) is 4.39 Å². The highest BCUT2D eigenvalue weighted by molar-refractivity contribution is 7.13. The number of hydrogen-bond acceptors (Lipinski definition) is 3. The molecule has 3 nitrogen and oxygen atoms in total. The molecular weight excluding hydrogens is 251 g/mol. The Balaban J connectivity index is 0.00000128. The van der Waals surface area contributed by atoms with Gasteiger partial charge in [0.15, 0.2) is 0 Å². The van der Waals surface area contributed by atoms with Crippen molar-refractivity contribution >= 4 is 29.7 Å². The standard InChI is InChI=1S/C10H7FN2OS.ClH/c11-7-3-1-2-6(4-7)10-13-8(5-15-10)9(12)14;/h1-5H,(H2,12,14);1H. The third kappa shape index (κ3) is 2.56. The highest BCUT2D eigenvalue weighted by Crippen LogP contribution is 2.23. The minimum atomic E-state index is -0.575. The van der Waals surface area contributed by atoms with E-state index in [-0.39, 0.29) is 23.9 Å². The lowest BCUT2D eigenvalue weighted by atomic mass is 10.2. The zero-order valence-electron chi connectivity index (χ0n) is 8.01. The third-order valence-corrected chi connectivity index (χ3v) is 2.72. The second-order valence-electron chi connectivity index (χ2n) is 2.91. The molecular formula is C10H8ClFN2OS. The van der Waals surface area contributed by atoms with Gasteiger partial charge in [0, 0.05) is 10.9 Å². The molecule has 0 aliphatic rings. The first-order valence-electron chi connectivity index (χ1n) is 4.18. The second kappa shape index (κ2) is 5.05. The number of hydrogen-bond donors (Lipinski definition) is 1. The topological polar surface area (TPSA) is 56.0 Å².